The number of rotatable bonds is 6. The number of hydrogen-bond donors (Lipinski definition) is 2. The number of amides is 2. The fourth-order valence-electron chi connectivity index (χ4n) is 5.45. The molecule has 190 valence electrons. The molecule has 1 saturated heterocycles. The van der Waals surface area contributed by atoms with Gasteiger partial charge in [-0.1, -0.05) is 30.3 Å². The van der Waals surface area contributed by atoms with E-state index in [1.807, 2.05) is 18.2 Å². The maximum Gasteiger partial charge on any atom is 0.420 e. The molecule has 2 heterocycles. The molecule has 1 aromatic heterocycles. The van der Waals surface area contributed by atoms with E-state index in [0.29, 0.717) is 12.8 Å². The summed E-state index contributed by atoms with van der Waals surface area (Å²) in [6.07, 6.45) is -0.307. The summed E-state index contributed by atoms with van der Waals surface area (Å²) < 4.78 is 41.5. The van der Waals surface area contributed by atoms with Gasteiger partial charge in [-0.2, -0.15) is 13.2 Å². The number of aliphatic hydroxyl groups is 1. The summed E-state index contributed by atoms with van der Waals surface area (Å²) >= 11 is 0. The van der Waals surface area contributed by atoms with Crippen LogP contribution in [0.2, 0.25) is 0 Å². The Balaban J connectivity index is 1.58. The molecule has 1 saturated carbocycles. The van der Waals surface area contributed by atoms with Crippen LogP contribution in [-0.4, -0.2) is 67.4 Å². The van der Waals surface area contributed by atoms with Crippen molar-refractivity contribution in [1.82, 2.24) is 15.2 Å². The van der Waals surface area contributed by atoms with Crippen molar-refractivity contribution in [3.8, 4) is 0 Å². The van der Waals surface area contributed by atoms with E-state index in [9.17, 15) is 18.0 Å². The number of anilines is 2. The predicted molar refractivity (Wildman–Crippen MR) is 128 cm³/mol. The van der Waals surface area contributed by atoms with Crippen LogP contribution < -0.4 is 15.1 Å². The molecule has 2 aliphatic rings. The molecule has 7 nitrogen and oxygen atoms in total. The van der Waals surface area contributed by atoms with Gasteiger partial charge in [-0.25, -0.2) is 9.78 Å². The number of aliphatic hydroxyl groups excluding tert-OH is 1. The monoisotopic (exact) mass is 491 g/mol. The quantitative estimate of drug-likeness (QED) is 0.643. The van der Waals surface area contributed by atoms with Crippen molar-refractivity contribution in [2.24, 2.45) is 0 Å². The third-order valence-electron chi connectivity index (χ3n) is 7.55. The number of pyridine rings is 1. The summed E-state index contributed by atoms with van der Waals surface area (Å²) in [5, 5.41) is 12.2. The van der Waals surface area contributed by atoms with Gasteiger partial charge in [-0.3, -0.25) is 9.80 Å². The molecule has 1 aromatic carbocycles. The number of carbonyl (C=O) groups excluding carboxylic acids is 1. The Morgan fingerprint density at radius 1 is 1.11 bits per heavy atom. The number of likely N-dealkylation sites (N-methyl/N-ethyl adjacent to an activating group) is 1. The number of carbonyl (C=O) groups is 1. The summed E-state index contributed by atoms with van der Waals surface area (Å²) in [5.74, 6) is -0.277. The zero-order chi connectivity index (χ0) is 25.4. The molecule has 0 radical (unpaired) electrons. The number of halogens is 3. The molecule has 10 heteroatoms. The van der Waals surface area contributed by atoms with E-state index in [-0.39, 0.29) is 36.7 Å². The maximum absolute atomic E-state index is 13.8. The second kappa shape index (κ2) is 9.31. The van der Waals surface area contributed by atoms with Gasteiger partial charge in [0.05, 0.1) is 30.6 Å². The molecule has 0 atom stereocenters. The molecule has 1 spiro atoms. The van der Waals surface area contributed by atoms with E-state index in [1.54, 1.807) is 0 Å². The van der Waals surface area contributed by atoms with Crippen LogP contribution in [0.5, 0.6) is 0 Å². The van der Waals surface area contributed by atoms with Gasteiger partial charge in [0, 0.05) is 19.1 Å². The van der Waals surface area contributed by atoms with E-state index < -0.39 is 23.3 Å². The summed E-state index contributed by atoms with van der Waals surface area (Å²) in [5.41, 5.74) is -0.257. The largest absolute Gasteiger partial charge is 0.420 e. The summed E-state index contributed by atoms with van der Waals surface area (Å²) in [7, 11) is 5.56. The third kappa shape index (κ3) is 4.69. The molecule has 1 aliphatic heterocycles. The fraction of sp³-hybridized carbons (Fsp3) is 0.520. The Morgan fingerprint density at radius 2 is 1.77 bits per heavy atom. The molecule has 4 rings (SSSR count). The highest BCUT2D eigenvalue weighted by molar-refractivity contribution is 5.95. The smallest absolute Gasteiger partial charge is 0.395 e. The van der Waals surface area contributed by atoms with Crippen LogP contribution in [0.4, 0.5) is 29.5 Å². The average Bonchev–Trinajstić information content (AvgIpc) is 3.15. The lowest BCUT2D eigenvalue weighted by atomic mass is 9.69. The highest BCUT2D eigenvalue weighted by atomic mass is 19.4. The third-order valence-corrected chi connectivity index (χ3v) is 7.55. The molecule has 2 fully saturated rings. The van der Waals surface area contributed by atoms with Crippen LogP contribution in [-0.2, 0) is 11.7 Å². The Bertz CT molecular complexity index is 1050. The fourth-order valence-corrected chi connectivity index (χ4v) is 5.45. The number of urea groups is 1. The van der Waals surface area contributed by atoms with Crippen LogP contribution in [0.3, 0.4) is 0 Å². The first-order valence-electron chi connectivity index (χ1n) is 11.7. The number of hydrogen-bond acceptors (Lipinski definition) is 5. The minimum absolute atomic E-state index is 0.0117. The number of aromatic nitrogens is 1. The minimum Gasteiger partial charge on any atom is -0.395 e. The van der Waals surface area contributed by atoms with E-state index in [4.69, 9.17) is 5.11 Å². The Hall–Kier alpha value is -2.85. The van der Waals surface area contributed by atoms with Crippen LogP contribution in [0.25, 0.3) is 0 Å². The molecule has 2 aromatic rings. The second-order valence-corrected chi connectivity index (χ2v) is 9.80. The topological polar surface area (TPSA) is 71.9 Å². The number of benzene rings is 1. The Kier molecular flexibility index (Phi) is 6.72. The predicted octanol–water partition coefficient (Wildman–Crippen LogP) is 3.83. The summed E-state index contributed by atoms with van der Waals surface area (Å²) in [6.45, 7) is -0.00157. The van der Waals surface area contributed by atoms with Gasteiger partial charge in [0.2, 0.25) is 0 Å². The van der Waals surface area contributed by atoms with Crippen molar-refractivity contribution in [3.05, 3.63) is 53.7 Å². The van der Waals surface area contributed by atoms with E-state index in [2.05, 4.69) is 41.4 Å². The van der Waals surface area contributed by atoms with Crippen molar-refractivity contribution >= 4 is 17.5 Å². The maximum atomic E-state index is 13.8. The summed E-state index contributed by atoms with van der Waals surface area (Å²) in [6, 6.07) is 10.9. The first kappa shape index (κ1) is 25.2. The second-order valence-electron chi connectivity index (χ2n) is 9.80. The van der Waals surface area contributed by atoms with Crippen molar-refractivity contribution in [1.29, 1.82) is 0 Å². The first-order chi connectivity index (χ1) is 16.5. The van der Waals surface area contributed by atoms with Crippen LogP contribution in [0.15, 0.2) is 42.6 Å². The lowest BCUT2D eigenvalue weighted by molar-refractivity contribution is -0.137. The lowest BCUT2D eigenvalue weighted by Crippen LogP contribution is -2.54. The van der Waals surface area contributed by atoms with Crippen molar-refractivity contribution in [2.75, 3.05) is 50.6 Å². The minimum atomic E-state index is -4.65. The molecular weight excluding hydrogens is 459 g/mol. The number of nitrogens with zero attached hydrogens (tertiary/aromatic N) is 4. The van der Waals surface area contributed by atoms with Gasteiger partial charge >= 0.3 is 12.2 Å². The number of alkyl halides is 3. The molecule has 35 heavy (non-hydrogen) atoms. The van der Waals surface area contributed by atoms with E-state index in [1.165, 1.54) is 28.6 Å². The Morgan fingerprint density at radius 3 is 2.34 bits per heavy atom. The van der Waals surface area contributed by atoms with Gasteiger partial charge in [-0.15, -0.1) is 0 Å². The molecule has 1 aliphatic carbocycles. The van der Waals surface area contributed by atoms with Gasteiger partial charge in [0.25, 0.3) is 0 Å². The molecular formula is C25H32F3N5O2. The van der Waals surface area contributed by atoms with Gasteiger partial charge < -0.3 is 15.3 Å². The van der Waals surface area contributed by atoms with Gasteiger partial charge in [0.1, 0.15) is 11.4 Å². The van der Waals surface area contributed by atoms with Crippen LogP contribution in [0.1, 0.15) is 36.8 Å². The first-order valence-corrected chi connectivity index (χ1v) is 11.7. The highest BCUT2D eigenvalue weighted by Crippen LogP contribution is 2.46. The zero-order valence-electron chi connectivity index (χ0n) is 20.3. The average molecular weight is 492 g/mol. The van der Waals surface area contributed by atoms with Gasteiger partial charge in [-0.05, 0) is 51.4 Å². The van der Waals surface area contributed by atoms with Crippen LogP contribution in [0, 0.1) is 0 Å². The van der Waals surface area contributed by atoms with Crippen molar-refractivity contribution in [3.63, 3.8) is 0 Å². The molecule has 0 unspecified atom stereocenters. The summed E-state index contributed by atoms with van der Waals surface area (Å²) in [4.78, 5) is 21.8. The van der Waals surface area contributed by atoms with Gasteiger partial charge in [0.15, 0.2) is 0 Å². The highest BCUT2D eigenvalue weighted by Gasteiger charge is 2.50. The molecule has 2 amide bonds. The SMILES string of the molecule is CN(CCO)c1ncc(N2C[C@]3(CC[C@](c4ccccc4)(N(C)C)CC3)NC2=O)cc1C(F)(F)F. The van der Waals surface area contributed by atoms with E-state index >= 15 is 0 Å². The van der Waals surface area contributed by atoms with Crippen LogP contribution >= 0.6 is 0 Å². The lowest BCUT2D eigenvalue weighted by Gasteiger charge is -2.48. The standard InChI is InChI=1S/C25H32F3N5O2/c1-31(2)24(18-7-5-4-6-8-18)11-9-23(10-12-24)17-33(22(35)30-23)19-15-20(25(26,27)28)21(29-16-19)32(3)13-14-34/h4-8,15-16,34H,9-14,17H2,1-3H3,(H,30,35)/t23-,24+. The zero-order valence-corrected chi connectivity index (χ0v) is 20.3. The van der Waals surface area contributed by atoms with E-state index in [0.717, 1.165) is 18.9 Å². The van der Waals surface area contributed by atoms with Crippen molar-refractivity contribution < 1.29 is 23.1 Å². The van der Waals surface area contributed by atoms with Crippen molar-refractivity contribution in [2.45, 2.75) is 42.9 Å². The molecule has 2 N–H and O–H groups in total. The Labute approximate surface area is 203 Å². The normalized spacial score (nSPS) is 24.8. The number of nitrogens with one attached hydrogen (secondary N) is 1. The molecule has 0 bridgehead atoms.